The normalized spacial score (nSPS) is 13.6. The van der Waals surface area contributed by atoms with Gasteiger partial charge in [-0.1, -0.05) is 103 Å². The second kappa shape index (κ2) is 8.39. The summed E-state index contributed by atoms with van der Waals surface area (Å²) in [6, 6.07) is 14.1. The minimum atomic E-state index is -0.319. The molecule has 0 aliphatic carbocycles. The fourth-order valence-corrected chi connectivity index (χ4v) is 10.1. The van der Waals surface area contributed by atoms with E-state index in [1.807, 2.05) is 0 Å². The van der Waals surface area contributed by atoms with Gasteiger partial charge >= 0.3 is 0 Å². The summed E-state index contributed by atoms with van der Waals surface area (Å²) in [5.41, 5.74) is 4.40. The summed E-state index contributed by atoms with van der Waals surface area (Å²) in [5.74, 6) is 0. The van der Waals surface area contributed by atoms with Crippen molar-refractivity contribution < 1.29 is 0 Å². The van der Waals surface area contributed by atoms with Gasteiger partial charge in [0.15, 0.2) is 0 Å². The zero-order chi connectivity index (χ0) is 19.7. The number of hydrogen-bond donors (Lipinski definition) is 0. The monoisotopic (exact) mass is 404 g/mol. The zero-order valence-electron chi connectivity index (χ0n) is 17.9. The molecule has 0 amide bonds. The fourth-order valence-electron chi connectivity index (χ4n) is 4.08. The van der Waals surface area contributed by atoms with E-state index in [4.69, 9.17) is 0 Å². The van der Waals surface area contributed by atoms with Gasteiger partial charge in [-0.15, -0.1) is 0 Å². The molecule has 0 aliphatic rings. The van der Waals surface area contributed by atoms with Crippen LogP contribution < -0.4 is 15.9 Å². The Kier molecular flexibility index (Phi) is 7.11. The minimum absolute atomic E-state index is 0.276. The first kappa shape index (κ1) is 22.0. The molecule has 2 atom stereocenters. The van der Waals surface area contributed by atoms with Crippen LogP contribution in [0, 0.1) is 6.92 Å². The molecule has 0 spiro atoms. The van der Waals surface area contributed by atoms with Crippen LogP contribution in [0.3, 0.4) is 0 Å². The largest absolute Gasteiger partial charge is 0.0929 e. The third kappa shape index (κ3) is 4.76. The molecule has 2 aromatic rings. The van der Waals surface area contributed by atoms with Crippen LogP contribution in [0.5, 0.6) is 0 Å². The lowest BCUT2D eigenvalue weighted by molar-refractivity contribution is 0.715. The second-order valence-corrected chi connectivity index (χ2v) is 14.8. The van der Waals surface area contributed by atoms with E-state index in [0.717, 1.165) is 17.2 Å². The highest BCUT2D eigenvalue weighted by Gasteiger charge is 2.37. The van der Waals surface area contributed by atoms with Crippen molar-refractivity contribution in [2.45, 2.75) is 58.8 Å². The first-order chi connectivity index (χ1) is 12.0. The Bertz CT molecular complexity index is 725. The molecule has 2 unspecified atom stereocenters. The molecule has 0 heterocycles. The summed E-state index contributed by atoms with van der Waals surface area (Å²) in [5, 5.41) is 5.18. The third-order valence-corrected chi connectivity index (χ3v) is 10.00. The highest BCUT2D eigenvalue weighted by molar-refractivity contribution is 7.68. The van der Waals surface area contributed by atoms with E-state index in [1.54, 1.807) is 5.30 Å². The van der Waals surface area contributed by atoms with Gasteiger partial charge < -0.3 is 0 Å². The van der Waals surface area contributed by atoms with E-state index >= 15 is 0 Å². The van der Waals surface area contributed by atoms with E-state index in [0.29, 0.717) is 0 Å². The Morgan fingerprint density at radius 1 is 0.769 bits per heavy atom. The Morgan fingerprint density at radius 2 is 1.23 bits per heavy atom. The lowest BCUT2D eigenvalue weighted by Crippen LogP contribution is -2.32. The quantitative estimate of drug-likeness (QED) is 0.530. The Hall–Kier alpha value is -0.270. The molecule has 3 heteroatoms. The summed E-state index contributed by atoms with van der Waals surface area (Å²) < 4.78 is 0. The van der Waals surface area contributed by atoms with Crippen LogP contribution in [-0.2, 0) is 0 Å². The molecular weight excluding hydrogens is 369 g/mol. The van der Waals surface area contributed by atoms with Crippen molar-refractivity contribution in [3.8, 4) is 11.1 Å². The van der Waals surface area contributed by atoms with Gasteiger partial charge in [0.25, 0.3) is 0 Å². The van der Waals surface area contributed by atoms with Crippen LogP contribution >= 0.6 is 25.1 Å². The molecule has 0 nitrogen and oxygen atoms in total. The number of rotatable bonds is 4. The summed E-state index contributed by atoms with van der Waals surface area (Å²) >= 11 is 0. The summed E-state index contributed by atoms with van der Waals surface area (Å²) in [6.07, 6.45) is 0. The molecule has 0 radical (unpaired) electrons. The summed E-state index contributed by atoms with van der Waals surface area (Å²) in [6.45, 7) is 21.4. The van der Waals surface area contributed by atoms with Crippen LogP contribution in [0.2, 0.25) is 0 Å². The van der Waals surface area contributed by atoms with Crippen molar-refractivity contribution in [2.24, 2.45) is 0 Å². The average Bonchev–Trinajstić information content (AvgIpc) is 2.52. The van der Waals surface area contributed by atoms with Crippen LogP contribution in [0.15, 0.2) is 36.4 Å². The SMILES string of the molecule is CPc1cc(C)cc(PC)c1-c1ccccc1P(C(C)(C)C)C(C)(C)C. The van der Waals surface area contributed by atoms with Gasteiger partial charge in [-0.25, -0.2) is 0 Å². The van der Waals surface area contributed by atoms with Crippen LogP contribution in [-0.4, -0.2) is 23.6 Å². The standard InChI is InChI=1S/C23H35P3/c1-16-14-18(24-8)21(19(15-16)25-9)17-12-10-11-13-20(17)26(22(2,3)4)23(5,6)7/h10-15,24-25H,1-9H3. The Morgan fingerprint density at radius 3 is 1.65 bits per heavy atom. The third-order valence-electron chi connectivity index (χ3n) is 4.58. The van der Waals surface area contributed by atoms with Crippen molar-refractivity contribution in [1.29, 1.82) is 0 Å². The predicted octanol–water partition coefficient (Wildman–Crippen LogP) is 6.23. The number of benzene rings is 2. The Balaban J connectivity index is 2.83. The average molecular weight is 404 g/mol. The van der Waals surface area contributed by atoms with Gasteiger partial charge in [0, 0.05) is 0 Å². The molecule has 2 rings (SSSR count). The van der Waals surface area contributed by atoms with Gasteiger partial charge in [0.1, 0.15) is 0 Å². The van der Waals surface area contributed by atoms with Crippen molar-refractivity contribution in [3.63, 3.8) is 0 Å². The maximum Gasteiger partial charge on any atom is -0.00288 e. The van der Waals surface area contributed by atoms with Gasteiger partial charge in [0.05, 0.1) is 0 Å². The first-order valence-electron chi connectivity index (χ1n) is 9.40. The molecular formula is C23H35P3. The minimum Gasteiger partial charge on any atom is -0.0929 e. The molecule has 0 aromatic heterocycles. The van der Waals surface area contributed by atoms with Crippen LogP contribution in [0.4, 0.5) is 0 Å². The molecule has 142 valence electrons. The molecule has 0 aliphatic heterocycles. The van der Waals surface area contributed by atoms with E-state index in [-0.39, 0.29) is 18.2 Å². The van der Waals surface area contributed by atoms with Crippen molar-refractivity contribution in [2.75, 3.05) is 13.3 Å². The van der Waals surface area contributed by atoms with Crippen LogP contribution in [0.1, 0.15) is 47.1 Å². The van der Waals surface area contributed by atoms with Crippen molar-refractivity contribution >= 4 is 41.0 Å². The topological polar surface area (TPSA) is 0 Å². The van der Waals surface area contributed by atoms with Gasteiger partial charge in [-0.2, -0.15) is 0 Å². The molecule has 0 saturated carbocycles. The molecule has 0 N–H and O–H groups in total. The molecule has 0 bridgehead atoms. The van der Waals surface area contributed by atoms with E-state index in [2.05, 4.69) is 98.2 Å². The van der Waals surface area contributed by atoms with Crippen LogP contribution in [0.25, 0.3) is 11.1 Å². The van der Waals surface area contributed by atoms with Gasteiger partial charge in [0.2, 0.25) is 0 Å². The maximum absolute atomic E-state index is 2.42. The summed E-state index contributed by atoms with van der Waals surface area (Å²) in [7, 11) is 1.33. The second-order valence-electron chi connectivity index (χ2n) is 8.93. The number of hydrogen-bond acceptors (Lipinski definition) is 0. The highest BCUT2D eigenvalue weighted by atomic mass is 31.1. The van der Waals surface area contributed by atoms with E-state index < -0.39 is 0 Å². The van der Waals surface area contributed by atoms with Crippen molar-refractivity contribution in [3.05, 3.63) is 42.0 Å². The molecule has 0 saturated heterocycles. The summed E-state index contributed by atoms with van der Waals surface area (Å²) in [4.78, 5) is 0. The molecule has 2 aromatic carbocycles. The molecule has 0 fully saturated rings. The zero-order valence-corrected chi connectivity index (χ0v) is 20.8. The molecule has 26 heavy (non-hydrogen) atoms. The Labute approximate surface area is 166 Å². The fraction of sp³-hybridized carbons (Fsp3) is 0.478. The maximum atomic E-state index is 2.42. The number of aryl methyl sites for hydroxylation is 1. The lowest BCUT2D eigenvalue weighted by atomic mass is 10.0. The predicted molar refractivity (Wildman–Crippen MR) is 130 cm³/mol. The smallest absolute Gasteiger partial charge is 0.00288 e. The van der Waals surface area contributed by atoms with Gasteiger partial charge in [-0.3, -0.25) is 0 Å². The van der Waals surface area contributed by atoms with E-state index in [1.165, 1.54) is 27.3 Å². The highest BCUT2D eigenvalue weighted by Crippen LogP contribution is 2.59. The first-order valence-corrected chi connectivity index (χ1v) is 13.7. The van der Waals surface area contributed by atoms with E-state index in [9.17, 15) is 0 Å². The van der Waals surface area contributed by atoms with Crippen molar-refractivity contribution in [1.82, 2.24) is 0 Å². The lowest BCUT2D eigenvalue weighted by Gasteiger charge is -2.43. The van der Waals surface area contributed by atoms with Gasteiger partial charge in [-0.05, 0) is 63.2 Å².